The maximum Gasteiger partial charge on any atom is 0.410 e. The maximum absolute atomic E-state index is 14.6. The molecule has 2 atom stereocenters. The summed E-state index contributed by atoms with van der Waals surface area (Å²) in [6, 6.07) is 16.9. The summed E-state index contributed by atoms with van der Waals surface area (Å²) in [7, 11) is 0. The van der Waals surface area contributed by atoms with Crippen LogP contribution in [0.1, 0.15) is 67.9 Å². The monoisotopic (exact) mass is 696 g/mol. The van der Waals surface area contributed by atoms with Crippen LogP contribution in [-0.4, -0.2) is 64.9 Å². The molecule has 1 heterocycles. The van der Waals surface area contributed by atoms with Crippen LogP contribution in [0.25, 0.3) is 0 Å². The summed E-state index contributed by atoms with van der Waals surface area (Å²) in [6.07, 6.45) is 1.51. The zero-order valence-electron chi connectivity index (χ0n) is 28.6. The van der Waals surface area contributed by atoms with E-state index in [2.05, 4.69) is 26.0 Å². The van der Waals surface area contributed by atoms with E-state index in [1.165, 1.54) is 0 Å². The molecule has 3 aromatic carbocycles. The van der Waals surface area contributed by atoms with E-state index in [1.54, 1.807) is 41.3 Å². The van der Waals surface area contributed by atoms with Gasteiger partial charge in [0.15, 0.2) is 5.75 Å². The highest BCUT2D eigenvalue weighted by atomic mass is 35.5. The fourth-order valence-corrected chi connectivity index (χ4v) is 6.88. The van der Waals surface area contributed by atoms with Gasteiger partial charge in [-0.2, -0.15) is 0 Å². The summed E-state index contributed by atoms with van der Waals surface area (Å²) in [5, 5.41) is 13.3. The van der Waals surface area contributed by atoms with Crippen molar-refractivity contribution in [3.63, 3.8) is 0 Å². The Bertz CT molecular complexity index is 1610. The molecule has 3 aromatic rings. The van der Waals surface area contributed by atoms with Gasteiger partial charge in [-0.3, -0.25) is 4.79 Å². The first-order valence-corrected chi connectivity index (χ1v) is 17.3. The molecule has 5 rings (SSSR count). The first-order chi connectivity index (χ1) is 22.7. The van der Waals surface area contributed by atoms with Gasteiger partial charge in [0, 0.05) is 25.7 Å². The van der Waals surface area contributed by atoms with Crippen LogP contribution in [-0.2, 0) is 21.7 Å². The van der Waals surface area contributed by atoms with Crippen molar-refractivity contribution in [3.05, 3.63) is 92.5 Å². The lowest BCUT2D eigenvalue weighted by molar-refractivity contribution is -0.155. The summed E-state index contributed by atoms with van der Waals surface area (Å²) >= 11 is 12.6. The lowest BCUT2D eigenvalue weighted by Gasteiger charge is -2.45. The number of piperidine rings is 1. The number of carbonyl (C=O) groups is 2. The fourth-order valence-electron chi connectivity index (χ4n) is 6.17. The highest BCUT2D eigenvalue weighted by Gasteiger charge is 2.51. The molecule has 1 aliphatic heterocycles. The molecule has 1 saturated heterocycles. The molecule has 0 radical (unpaired) electrons. The molecule has 2 amide bonds. The zero-order chi connectivity index (χ0) is 34.8. The Morgan fingerprint density at radius 3 is 2.25 bits per heavy atom. The zero-order valence-corrected chi connectivity index (χ0v) is 30.2. The van der Waals surface area contributed by atoms with Gasteiger partial charge in [0.05, 0.1) is 16.0 Å². The highest BCUT2D eigenvalue weighted by Crippen LogP contribution is 2.42. The third kappa shape index (κ3) is 8.39. The van der Waals surface area contributed by atoms with Crippen LogP contribution in [0, 0.1) is 26.7 Å². The Balaban J connectivity index is 1.34. The second-order valence-electron chi connectivity index (χ2n) is 14.0. The quantitative estimate of drug-likeness (QED) is 0.216. The van der Waals surface area contributed by atoms with E-state index in [4.69, 9.17) is 37.4 Å². The Kier molecular flexibility index (Phi) is 10.9. The lowest BCUT2D eigenvalue weighted by Crippen LogP contribution is -2.58. The van der Waals surface area contributed by atoms with Crippen molar-refractivity contribution in [3.8, 4) is 11.5 Å². The second kappa shape index (κ2) is 14.6. The normalized spacial score (nSPS) is 19.5. The molecule has 1 N–H and O–H groups in total. The first-order valence-electron chi connectivity index (χ1n) is 16.5. The van der Waals surface area contributed by atoms with E-state index in [0.29, 0.717) is 33.7 Å². The SMILES string of the molecule is Cc1cc(Cl)c(OCCOc2ccc([C@]3(O)CCN(C(=O)OC(C)(C)C)C[C@@H]3C(=O)N(Cc3cccc(C)c3C)C3CC3)cc2)c(Cl)c1. The Labute approximate surface area is 293 Å². The predicted octanol–water partition coefficient (Wildman–Crippen LogP) is 8.01. The summed E-state index contributed by atoms with van der Waals surface area (Å²) in [5.41, 5.74) is 2.73. The number of aryl methyl sites for hydroxylation is 2. The van der Waals surface area contributed by atoms with Crippen molar-refractivity contribution in [2.45, 2.75) is 84.6 Å². The maximum atomic E-state index is 14.6. The van der Waals surface area contributed by atoms with Gasteiger partial charge in [-0.15, -0.1) is 0 Å². The van der Waals surface area contributed by atoms with E-state index in [9.17, 15) is 14.7 Å². The number of benzene rings is 3. The molecule has 0 spiro atoms. The molecule has 0 aromatic heterocycles. The van der Waals surface area contributed by atoms with Crippen LogP contribution in [0.4, 0.5) is 4.79 Å². The van der Waals surface area contributed by atoms with Crippen LogP contribution >= 0.6 is 23.2 Å². The molecule has 0 unspecified atom stereocenters. The number of ether oxygens (including phenoxy) is 3. The van der Waals surface area contributed by atoms with Gasteiger partial charge in [0.25, 0.3) is 0 Å². The van der Waals surface area contributed by atoms with Crippen molar-refractivity contribution in [2.75, 3.05) is 26.3 Å². The smallest absolute Gasteiger partial charge is 0.410 e. The molecule has 10 heteroatoms. The van der Waals surface area contributed by atoms with Gasteiger partial charge in [0.2, 0.25) is 5.91 Å². The summed E-state index contributed by atoms with van der Waals surface area (Å²) < 4.78 is 17.3. The fraction of sp³-hybridized carbons (Fsp3) is 0.474. The molecule has 1 aliphatic carbocycles. The highest BCUT2D eigenvalue weighted by molar-refractivity contribution is 6.37. The van der Waals surface area contributed by atoms with Crippen LogP contribution in [0.15, 0.2) is 54.6 Å². The van der Waals surface area contributed by atoms with E-state index >= 15 is 0 Å². The topological polar surface area (TPSA) is 88.5 Å². The Morgan fingerprint density at radius 2 is 1.62 bits per heavy atom. The standard InChI is InChI=1S/C38H46Cl2N2O6/c1-24-20-32(39)34(33(40)21-24)47-19-18-46-30-14-10-28(11-15-30)38(45)16-17-41(36(44)48-37(4,5)6)23-31(38)35(43)42(29-12-13-29)22-27-9-7-8-25(2)26(27)3/h7-11,14-15,20-21,29,31,45H,12-13,16-19,22-23H2,1-6H3/t31-,38-/m1/s1. The summed E-state index contributed by atoms with van der Waals surface area (Å²) in [6.45, 7) is 12.7. The van der Waals surface area contributed by atoms with E-state index in [-0.39, 0.29) is 44.7 Å². The Hall–Kier alpha value is -3.46. The van der Waals surface area contributed by atoms with Crippen LogP contribution in [0.5, 0.6) is 11.5 Å². The minimum absolute atomic E-state index is 0.0417. The second-order valence-corrected chi connectivity index (χ2v) is 14.8. The van der Waals surface area contributed by atoms with Gasteiger partial charge < -0.3 is 29.1 Å². The number of carbonyl (C=O) groups excluding carboxylic acids is 2. The van der Waals surface area contributed by atoms with Gasteiger partial charge >= 0.3 is 6.09 Å². The molecule has 2 aliphatic rings. The molecule has 2 fully saturated rings. The van der Waals surface area contributed by atoms with Crippen molar-refractivity contribution < 1.29 is 28.9 Å². The molecular formula is C38H46Cl2N2O6. The minimum atomic E-state index is -1.51. The van der Waals surface area contributed by atoms with E-state index in [0.717, 1.165) is 35.1 Å². The van der Waals surface area contributed by atoms with Crippen LogP contribution in [0.3, 0.4) is 0 Å². The average Bonchev–Trinajstić information content (AvgIpc) is 3.86. The van der Waals surface area contributed by atoms with Crippen molar-refractivity contribution in [1.29, 1.82) is 0 Å². The number of rotatable bonds is 10. The first kappa shape index (κ1) is 35.8. The predicted molar refractivity (Wildman–Crippen MR) is 188 cm³/mol. The molecule has 0 bridgehead atoms. The van der Waals surface area contributed by atoms with Gasteiger partial charge in [-0.1, -0.05) is 53.5 Å². The summed E-state index contributed by atoms with van der Waals surface area (Å²) in [4.78, 5) is 31.2. The van der Waals surface area contributed by atoms with Crippen LogP contribution in [0.2, 0.25) is 10.0 Å². The van der Waals surface area contributed by atoms with Crippen molar-refractivity contribution in [2.24, 2.45) is 5.92 Å². The summed E-state index contributed by atoms with van der Waals surface area (Å²) in [5.74, 6) is -0.0688. The molecular weight excluding hydrogens is 651 g/mol. The molecule has 8 nitrogen and oxygen atoms in total. The third-order valence-corrected chi connectivity index (χ3v) is 9.68. The Morgan fingerprint density at radius 1 is 0.979 bits per heavy atom. The molecule has 48 heavy (non-hydrogen) atoms. The third-order valence-electron chi connectivity index (χ3n) is 9.12. The van der Waals surface area contributed by atoms with Crippen molar-refractivity contribution >= 4 is 35.2 Å². The number of nitrogens with zero attached hydrogens (tertiary/aromatic N) is 2. The van der Waals surface area contributed by atoms with Gasteiger partial charge in [-0.05, 0) is 113 Å². The number of amides is 2. The van der Waals surface area contributed by atoms with Gasteiger partial charge in [0.1, 0.15) is 30.2 Å². The van der Waals surface area contributed by atoms with E-state index < -0.39 is 23.2 Å². The lowest BCUT2D eigenvalue weighted by atomic mass is 9.75. The average molecular weight is 698 g/mol. The number of halogens is 2. The minimum Gasteiger partial charge on any atom is -0.490 e. The van der Waals surface area contributed by atoms with Crippen molar-refractivity contribution in [1.82, 2.24) is 9.80 Å². The van der Waals surface area contributed by atoms with E-state index in [1.807, 2.05) is 38.7 Å². The number of likely N-dealkylation sites (tertiary alicyclic amines) is 1. The number of hydrogen-bond acceptors (Lipinski definition) is 6. The number of hydrogen-bond donors (Lipinski definition) is 1. The molecule has 258 valence electrons. The molecule has 1 saturated carbocycles. The van der Waals surface area contributed by atoms with Gasteiger partial charge in [-0.25, -0.2) is 4.79 Å². The largest absolute Gasteiger partial charge is 0.490 e. The van der Waals surface area contributed by atoms with Crippen LogP contribution < -0.4 is 9.47 Å². The number of aliphatic hydroxyl groups is 1.